The molecule has 3 heteroatoms. The average molecular weight is 218 g/mol. The molecule has 0 aliphatic carbocycles. The normalized spacial score (nSPS) is 9.27. The van der Waals surface area contributed by atoms with Gasteiger partial charge in [-0.05, 0) is 12.8 Å². The van der Waals surface area contributed by atoms with E-state index in [1.54, 1.807) is 0 Å². The van der Waals surface area contributed by atoms with Gasteiger partial charge in [0.05, 0.1) is 0 Å². The Kier molecular flexibility index (Phi) is 17.8. The van der Waals surface area contributed by atoms with E-state index in [0.29, 0.717) is 0 Å². The van der Waals surface area contributed by atoms with Gasteiger partial charge in [-0.3, -0.25) is 4.79 Å². The summed E-state index contributed by atoms with van der Waals surface area (Å²) < 4.78 is 5.44. The molecule has 0 atom stereocenters. The Morgan fingerprint density at radius 3 is 1.60 bits per heavy atom. The van der Waals surface area contributed by atoms with Gasteiger partial charge in [-0.2, -0.15) is 0 Å². The second-order valence-corrected chi connectivity index (χ2v) is 3.55. The van der Waals surface area contributed by atoms with Crippen molar-refractivity contribution in [2.24, 2.45) is 0 Å². The van der Waals surface area contributed by atoms with Crippen LogP contribution in [0.5, 0.6) is 0 Å². The van der Waals surface area contributed by atoms with E-state index in [9.17, 15) is 0 Å². The van der Waals surface area contributed by atoms with Crippen molar-refractivity contribution in [3.05, 3.63) is 0 Å². The van der Waals surface area contributed by atoms with E-state index < -0.39 is 5.97 Å². The Bertz CT molecular complexity index is 112. The number of unbranched alkanes of at least 4 members (excludes halogenated alkanes) is 4. The first-order chi connectivity index (χ1) is 7.15. The summed E-state index contributed by atoms with van der Waals surface area (Å²) in [6.45, 7) is 7.46. The quantitative estimate of drug-likeness (QED) is 0.634. The van der Waals surface area contributed by atoms with Crippen molar-refractivity contribution >= 4 is 5.97 Å². The largest absolute Gasteiger partial charge is 0.481 e. The maximum Gasteiger partial charge on any atom is 0.300 e. The van der Waals surface area contributed by atoms with Gasteiger partial charge in [0.25, 0.3) is 5.97 Å². The number of ether oxygens (including phenoxy) is 1. The predicted molar refractivity (Wildman–Crippen MR) is 63.2 cm³/mol. The van der Waals surface area contributed by atoms with Gasteiger partial charge in [0.2, 0.25) is 0 Å². The number of carboxylic acid groups (broad SMARTS) is 1. The first-order valence-electron chi connectivity index (χ1n) is 5.92. The van der Waals surface area contributed by atoms with Crippen molar-refractivity contribution in [3.63, 3.8) is 0 Å². The van der Waals surface area contributed by atoms with Crippen LogP contribution in [0.15, 0.2) is 0 Å². The third-order valence-corrected chi connectivity index (χ3v) is 1.78. The molecule has 0 amide bonds. The number of hydrogen-bond acceptors (Lipinski definition) is 2. The monoisotopic (exact) mass is 218 g/mol. The zero-order valence-electron chi connectivity index (χ0n) is 10.4. The van der Waals surface area contributed by atoms with Crippen LogP contribution in [0, 0.1) is 0 Å². The molecule has 0 heterocycles. The van der Waals surface area contributed by atoms with Crippen LogP contribution < -0.4 is 0 Å². The van der Waals surface area contributed by atoms with E-state index in [1.165, 1.54) is 38.5 Å². The van der Waals surface area contributed by atoms with Crippen LogP contribution in [0.1, 0.15) is 59.3 Å². The molecule has 0 aromatic rings. The van der Waals surface area contributed by atoms with E-state index in [-0.39, 0.29) is 0 Å². The maximum absolute atomic E-state index is 9.00. The summed E-state index contributed by atoms with van der Waals surface area (Å²) in [7, 11) is 0. The zero-order chi connectivity index (χ0) is 11.9. The molecular formula is C12H26O3. The van der Waals surface area contributed by atoms with Crippen molar-refractivity contribution in [1.82, 2.24) is 0 Å². The number of carboxylic acids is 1. The lowest BCUT2D eigenvalue weighted by molar-refractivity contribution is -0.134. The van der Waals surface area contributed by atoms with Gasteiger partial charge in [0, 0.05) is 20.1 Å². The fraction of sp³-hybridized carbons (Fsp3) is 0.917. The van der Waals surface area contributed by atoms with E-state index >= 15 is 0 Å². The lowest BCUT2D eigenvalue weighted by atomic mass is 10.2. The number of carbonyl (C=O) groups is 1. The van der Waals surface area contributed by atoms with Crippen molar-refractivity contribution in [1.29, 1.82) is 0 Å². The zero-order valence-corrected chi connectivity index (χ0v) is 10.4. The van der Waals surface area contributed by atoms with E-state index in [1.807, 2.05) is 0 Å². The predicted octanol–water partition coefficient (Wildman–Crippen LogP) is 3.47. The second kappa shape index (κ2) is 15.9. The topological polar surface area (TPSA) is 46.5 Å². The molecule has 0 aliphatic heterocycles. The fourth-order valence-electron chi connectivity index (χ4n) is 1.01. The molecule has 0 fully saturated rings. The molecule has 0 aromatic heterocycles. The Balaban J connectivity index is 0. The Labute approximate surface area is 93.8 Å². The van der Waals surface area contributed by atoms with Gasteiger partial charge in [-0.25, -0.2) is 0 Å². The summed E-state index contributed by atoms with van der Waals surface area (Å²) >= 11 is 0. The van der Waals surface area contributed by atoms with E-state index in [2.05, 4.69) is 13.8 Å². The molecule has 0 saturated heterocycles. The minimum absolute atomic E-state index is 0.833. The van der Waals surface area contributed by atoms with Crippen molar-refractivity contribution in [3.8, 4) is 0 Å². The van der Waals surface area contributed by atoms with Crippen molar-refractivity contribution < 1.29 is 14.6 Å². The molecule has 92 valence electrons. The van der Waals surface area contributed by atoms with Gasteiger partial charge in [-0.15, -0.1) is 0 Å². The SMILES string of the molecule is CC(=O)O.CCCCCOCCCCC. The highest BCUT2D eigenvalue weighted by molar-refractivity contribution is 5.62. The Morgan fingerprint density at radius 2 is 1.33 bits per heavy atom. The molecule has 0 spiro atoms. The van der Waals surface area contributed by atoms with Gasteiger partial charge in [-0.1, -0.05) is 39.5 Å². The lowest BCUT2D eigenvalue weighted by Gasteiger charge is -2.01. The van der Waals surface area contributed by atoms with Gasteiger partial charge >= 0.3 is 0 Å². The van der Waals surface area contributed by atoms with Crippen LogP contribution in [0.4, 0.5) is 0 Å². The van der Waals surface area contributed by atoms with Gasteiger partial charge in [0.15, 0.2) is 0 Å². The molecule has 0 bridgehead atoms. The minimum atomic E-state index is -0.833. The fourth-order valence-corrected chi connectivity index (χ4v) is 1.01. The van der Waals surface area contributed by atoms with Crippen molar-refractivity contribution in [2.75, 3.05) is 13.2 Å². The highest BCUT2D eigenvalue weighted by atomic mass is 16.5. The van der Waals surface area contributed by atoms with Crippen LogP contribution in [0.3, 0.4) is 0 Å². The molecule has 0 aromatic carbocycles. The second-order valence-electron chi connectivity index (χ2n) is 3.55. The number of rotatable bonds is 8. The van der Waals surface area contributed by atoms with Gasteiger partial charge < -0.3 is 9.84 Å². The summed E-state index contributed by atoms with van der Waals surface area (Å²) in [5.74, 6) is -0.833. The van der Waals surface area contributed by atoms with Gasteiger partial charge in [0.1, 0.15) is 0 Å². The van der Waals surface area contributed by atoms with Crippen LogP contribution in [-0.4, -0.2) is 24.3 Å². The van der Waals surface area contributed by atoms with Crippen LogP contribution >= 0.6 is 0 Å². The first-order valence-corrected chi connectivity index (χ1v) is 5.92. The van der Waals surface area contributed by atoms with Crippen LogP contribution in [0.25, 0.3) is 0 Å². The Hall–Kier alpha value is -0.570. The standard InChI is InChI=1S/C10H22O.C2H4O2/c1-3-5-7-9-11-10-8-6-4-2;1-2(3)4/h3-10H2,1-2H3;1H3,(H,3,4). The molecule has 0 radical (unpaired) electrons. The first kappa shape index (κ1) is 16.8. The lowest BCUT2D eigenvalue weighted by Crippen LogP contribution is -1.96. The molecule has 0 saturated carbocycles. The Morgan fingerprint density at radius 1 is 1.00 bits per heavy atom. The molecule has 0 rings (SSSR count). The molecule has 3 nitrogen and oxygen atoms in total. The summed E-state index contributed by atoms with van der Waals surface area (Å²) in [4.78, 5) is 9.00. The smallest absolute Gasteiger partial charge is 0.300 e. The van der Waals surface area contributed by atoms with E-state index in [0.717, 1.165) is 20.1 Å². The minimum Gasteiger partial charge on any atom is -0.481 e. The van der Waals surface area contributed by atoms with Crippen LogP contribution in [0.2, 0.25) is 0 Å². The highest BCUT2D eigenvalue weighted by Crippen LogP contribution is 1.97. The van der Waals surface area contributed by atoms with Crippen molar-refractivity contribution in [2.45, 2.75) is 59.3 Å². The summed E-state index contributed by atoms with van der Waals surface area (Å²) in [6, 6.07) is 0. The third kappa shape index (κ3) is 31.8. The molecular weight excluding hydrogens is 192 g/mol. The summed E-state index contributed by atoms with van der Waals surface area (Å²) in [6.07, 6.45) is 7.68. The molecule has 15 heavy (non-hydrogen) atoms. The summed E-state index contributed by atoms with van der Waals surface area (Å²) in [5.41, 5.74) is 0. The third-order valence-electron chi connectivity index (χ3n) is 1.78. The number of hydrogen-bond donors (Lipinski definition) is 1. The molecule has 0 unspecified atom stereocenters. The average Bonchev–Trinajstić information content (AvgIpc) is 2.16. The van der Waals surface area contributed by atoms with E-state index in [4.69, 9.17) is 14.6 Å². The van der Waals surface area contributed by atoms with Crippen LogP contribution in [-0.2, 0) is 9.53 Å². The summed E-state index contributed by atoms with van der Waals surface area (Å²) in [5, 5.41) is 7.42. The molecule has 1 N–H and O–H groups in total. The maximum atomic E-state index is 9.00. The number of aliphatic carboxylic acids is 1. The highest BCUT2D eigenvalue weighted by Gasteiger charge is 1.88. The molecule has 0 aliphatic rings.